The average Bonchev–Trinajstić information content (AvgIpc) is 2.42. The topological polar surface area (TPSA) is 70.1 Å². The van der Waals surface area contributed by atoms with Gasteiger partial charge in [-0.2, -0.15) is 0 Å². The highest BCUT2D eigenvalue weighted by Gasteiger charge is 2.36. The highest BCUT2D eigenvalue weighted by Crippen LogP contribution is 2.20. The van der Waals surface area contributed by atoms with E-state index in [1.165, 1.54) is 19.2 Å². The summed E-state index contributed by atoms with van der Waals surface area (Å²) in [5.41, 5.74) is 0.889. The van der Waals surface area contributed by atoms with E-state index in [-0.39, 0.29) is 23.7 Å². The second-order valence-corrected chi connectivity index (χ2v) is 6.48. The van der Waals surface area contributed by atoms with Crippen molar-refractivity contribution < 1.29 is 17.7 Å². The summed E-state index contributed by atoms with van der Waals surface area (Å²) in [5.74, 6) is 0. The molecular formula is C12H14FN3O3S. The Hall–Kier alpha value is -1.96. The first-order valence-corrected chi connectivity index (χ1v) is 7.31. The number of carbonyl (C=O) groups excluding carboxylic acids is 1. The Morgan fingerprint density at radius 3 is 2.35 bits per heavy atom. The number of urea groups is 1. The van der Waals surface area contributed by atoms with Crippen LogP contribution in [0.25, 0.3) is 0 Å². The Bertz CT molecular complexity index is 655. The molecular weight excluding hydrogens is 285 g/mol. The predicted octanol–water partition coefficient (Wildman–Crippen LogP) is 1.38. The molecule has 0 bridgehead atoms. The van der Waals surface area contributed by atoms with Crippen molar-refractivity contribution in [2.45, 2.75) is 11.8 Å². The van der Waals surface area contributed by atoms with Gasteiger partial charge in [0, 0.05) is 7.05 Å². The molecule has 1 heterocycles. The van der Waals surface area contributed by atoms with Crippen molar-refractivity contribution in [2.24, 2.45) is 5.21 Å². The van der Waals surface area contributed by atoms with Gasteiger partial charge in [0.1, 0.15) is 0 Å². The van der Waals surface area contributed by atoms with Gasteiger partial charge in [-0.25, -0.2) is 17.5 Å². The van der Waals surface area contributed by atoms with Crippen molar-refractivity contribution >= 4 is 21.8 Å². The monoisotopic (exact) mass is 299 g/mol. The highest BCUT2D eigenvalue weighted by molar-refractivity contribution is 7.89. The minimum absolute atomic E-state index is 0.00930. The number of halogens is 1. The van der Waals surface area contributed by atoms with Crippen LogP contribution in [0, 0.1) is 6.92 Å². The number of carbonyl (C=O) groups is 1. The second kappa shape index (κ2) is 5.20. The standard InChI is InChI=1S/C12H14FN3O3S/c1-9-3-5-11(6-4-9)20(18,19)16-8-10(14-13)7-15(2)12(16)17/h3-6H,7-8H2,1-2H3/b14-10+. The van der Waals surface area contributed by atoms with Crippen LogP contribution < -0.4 is 0 Å². The fourth-order valence-electron chi connectivity index (χ4n) is 1.89. The molecule has 0 atom stereocenters. The predicted molar refractivity (Wildman–Crippen MR) is 71.6 cm³/mol. The van der Waals surface area contributed by atoms with Gasteiger partial charge in [-0.15, -0.1) is 0 Å². The summed E-state index contributed by atoms with van der Waals surface area (Å²) in [4.78, 5) is 13.1. The van der Waals surface area contributed by atoms with Crippen LogP contribution in [0.2, 0.25) is 0 Å². The van der Waals surface area contributed by atoms with E-state index in [1.807, 2.05) is 6.92 Å². The first-order valence-electron chi connectivity index (χ1n) is 5.87. The van der Waals surface area contributed by atoms with Crippen molar-refractivity contribution in [3.05, 3.63) is 29.8 Å². The lowest BCUT2D eigenvalue weighted by Crippen LogP contribution is -2.54. The minimum atomic E-state index is -4.01. The van der Waals surface area contributed by atoms with E-state index >= 15 is 0 Å². The molecule has 6 nitrogen and oxygen atoms in total. The van der Waals surface area contributed by atoms with Gasteiger partial charge >= 0.3 is 6.03 Å². The molecule has 0 aliphatic carbocycles. The van der Waals surface area contributed by atoms with Crippen LogP contribution >= 0.6 is 0 Å². The minimum Gasteiger partial charge on any atom is -0.321 e. The van der Waals surface area contributed by atoms with Crippen molar-refractivity contribution in [3.63, 3.8) is 0 Å². The Kier molecular flexibility index (Phi) is 3.76. The second-order valence-electron chi connectivity index (χ2n) is 4.61. The SMILES string of the molecule is Cc1ccc(S(=O)(=O)N2C/C(=N/F)CN(C)C2=O)cc1. The third-order valence-corrected chi connectivity index (χ3v) is 4.75. The maximum atomic E-state index is 12.4. The van der Waals surface area contributed by atoms with Gasteiger partial charge < -0.3 is 4.90 Å². The lowest BCUT2D eigenvalue weighted by atomic mass is 10.2. The summed E-state index contributed by atoms with van der Waals surface area (Å²) in [6.45, 7) is 1.44. The normalized spacial score (nSPS) is 18.8. The maximum absolute atomic E-state index is 12.4. The Balaban J connectivity index is 2.42. The Morgan fingerprint density at radius 1 is 1.20 bits per heavy atom. The van der Waals surface area contributed by atoms with E-state index < -0.39 is 16.1 Å². The number of hydrogen-bond acceptors (Lipinski definition) is 4. The molecule has 0 unspecified atom stereocenters. The van der Waals surface area contributed by atoms with Gasteiger partial charge in [0.2, 0.25) is 0 Å². The molecule has 1 aromatic rings. The number of nitrogens with zero attached hydrogens (tertiary/aromatic N) is 3. The van der Waals surface area contributed by atoms with Crippen LogP contribution in [0.15, 0.2) is 34.4 Å². The molecule has 0 spiro atoms. The number of hydrogen-bond donors (Lipinski definition) is 0. The summed E-state index contributed by atoms with van der Waals surface area (Å²) in [6.07, 6.45) is 0. The number of amides is 2. The van der Waals surface area contributed by atoms with E-state index in [2.05, 4.69) is 5.21 Å². The zero-order valence-corrected chi connectivity index (χ0v) is 11.9. The van der Waals surface area contributed by atoms with Crippen molar-refractivity contribution in [3.8, 4) is 0 Å². The molecule has 2 amide bonds. The van der Waals surface area contributed by atoms with Crippen LogP contribution in [-0.4, -0.2) is 49.5 Å². The van der Waals surface area contributed by atoms with E-state index in [4.69, 9.17) is 0 Å². The molecule has 0 saturated carbocycles. The van der Waals surface area contributed by atoms with Gasteiger partial charge in [-0.1, -0.05) is 27.4 Å². The number of rotatable bonds is 2. The molecule has 1 aliphatic rings. The first kappa shape index (κ1) is 14.4. The number of aryl methyl sites for hydroxylation is 1. The molecule has 1 aliphatic heterocycles. The fraction of sp³-hybridized carbons (Fsp3) is 0.333. The molecule has 0 radical (unpaired) electrons. The smallest absolute Gasteiger partial charge is 0.321 e. The van der Waals surface area contributed by atoms with Crippen molar-refractivity contribution in [1.82, 2.24) is 9.21 Å². The fourth-order valence-corrected chi connectivity index (χ4v) is 3.29. The molecule has 1 fully saturated rings. The van der Waals surface area contributed by atoms with E-state index in [1.54, 1.807) is 12.1 Å². The highest BCUT2D eigenvalue weighted by atomic mass is 32.2. The zero-order valence-electron chi connectivity index (χ0n) is 11.1. The summed E-state index contributed by atoms with van der Waals surface area (Å²) in [5, 5.41) is 2.52. The summed E-state index contributed by atoms with van der Waals surface area (Å²) in [7, 11) is -2.62. The Labute approximate surface area is 116 Å². The lowest BCUT2D eigenvalue weighted by Gasteiger charge is -2.32. The summed E-state index contributed by atoms with van der Waals surface area (Å²) < 4.78 is 37.9. The first-order chi connectivity index (χ1) is 9.36. The van der Waals surface area contributed by atoms with Crippen molar-refractivity contribution in [2.75, 3.05) is 20.1 Å². The molecule has 0 N–H and O–H groups in total. The van der Waals surface area contributed by atoms with Gasteiger partial charge in [0.15, 0.2) is 0 Å². The summed E-state index contributed by atoms with van der Waals surface area (Å²) in [6, 6.07) is 5.40. The quantitative estimate of drug-likeness (QED) is 0.828. The number of sulfonamides is 1. The Morgan fingerprint density at radius 2 is 1.80 bits per heavy atom. The summed E-state index contributed by atoms with van der Waals surface area (Å²) >= 11 is 0. The van der Waals surface area contributed by atoms with Crippen LogP contribution in [-0.2, 0) is 10.0 Å². The largest absolute Gasteiger partial charge is 0.334 e. The van der Waals surface area contributed by atoms with Gasteiger partial charge in [-0.05, 0) is 19.1 Å². The lowest BCUT2D eigenvalue weighted by molar-refractivity contribution is 0.191. The molecule has 0 aromatic heterocycles. The third kappa shape index (κ3) is 2.51. The average molecular weight is 299 g/mol. The molecule has 20 heavy (non-hydrogen) atoms. The third-order valence-electron chi connectivity index (χ3n) is 3.01. The van der Waals surface area contributed by atoms with Crippen molar-refractivity contribution in [1.29, 1.82) is 0 Å². The molecule has 108 valence electrons. The number of benzene rings is 1. The zero-order chi connectivity index (χ0) is 14.9. The van der Waals surface area contributed by atoms with Gasteiger partial charge in [0.25, 0.3) is 10.0 Å². The van der Waals surface area contributed by atoms with Crippen LogP contribution in [0.3, 0.4) is 0 Å². The molecule has 1 aromatic carbocycles. The van der Waals surface area contributed by atoms with Crippen LogP contribution in [0.1, 0.15) is 5.56 Å². The molecule has 1 saturated heterocycles. The van der Waals surface area contributed by atoms with E-state index in [0.29, 0.717) is 4.31 Å². The van der Waals surface area contributed by atoms with Gasteiger partial charge in [0.05, 0.1) is 23.7 Å². The van der Waals surface area contributed by atoms with Crippen LogP contribution in [0.4, 0.5) is 9.28 Å². The van der Waals surface area contributed by atoms with Crippen LogP contribution in [0.5, 0.6) is 0 Å². The van der Waals surface area contributed by atoms with Gasteiger partial charge in [-0.3, -0.25) is 0 Å². The van der Waals surface area contributed by atoms with E-state index in [0.717, 1.165) is 10.5 Å². The molecule has 2 rings (SSSR count). The molecule has 8 heteroatoms. The van der Waals surface area contributed by atoms with E-state index in [9.17, 15) is 17.7 Å². The maximum Gasteiger partial charge on any atom is 0.334 e.